The van der Waals surface area contributed by atoms with Gasteiger partial charge in [0, 0.05) is 35.9 Å². The average Bonchev–Trinajstić information content (AvgIpc) is 3.07. The maximum atomic E-state index is 6.23. The molecule has 0 spiro atoms. The largest absolute Gasteiger partial charge is 0.356 e. The summed E-state index contributed by atoms with van der Waals surface area (Å²) in [5, 5.41) is 9.47. The minimum atomic E-state index is 0. The molecule has 4 nitrogen and oxygen atoms in total. The number of nitrogens with one attached hydrogen (secondary N) is 2. The van der Waals surface area contributed by atoms with Crippen molar-refractivity contribution < 1.29 is 0 Å². The molecule has 0 fully saturated rings. The van der Waals surface area contributed by atoms with Crippen molar-refractivity contribution in [2.75, 3.05) is 19.3 Å². The van der Waals surface area contributed by atoms with Crippen LogP contribution in [0.1, 0.15) is 24.9 Å². The van der Waals surface area contributed by atoms with Gasteiger partial charge in [-0.15, -0.1) is 35.3 Å². The van der Waals surface area contributed by atoms with E-state index in [1.54, 1.807) is 30.1 Å². The fraction of sp³-hybridized carbons (Fsp3) is 0.375. The highest BCUT2D eigenvalue weighted by atomic mass is 127. The molecule has 1 aromatic carbocycles. The van der Waals surface area contributed by atoms with Crippen LogP contribution in [0.2, 0.25) is 5.02 Å². The number of hydrogen-bond acceptors (Lipinski definition) is 4. The van der Waals surface area contributed by atoms with E-state index < -0.39 is 0 Å². The lowest BCUT2D eigenvalue weighted by Crippen LogP contribution is -2.39. The van der Waals surface area contributed by atoms with Gasteiger partial charge in [0.05, 0.1) is 6.04 Å². The molecule has 2 rings (SSSR count). The fourth-order valence-electron chi connectivity index (χ4n) is 2.02. The van der Waals surface area contributed by atoms with Gasteiger partial charge in [0.1, 0.15) is 4.34 Å². The summed E-state index contributed by atoms with van der Waals surface area (Å²) in [6.45, 7) is 2.94. The van der Waals surface area contributed by atoms with E-state index in [9.17, 15) is 0 Å². The van der Waals surface area contributed by atoms with Crippen LogP contribution >= 0.6 is 58.7 Å². The molecule has 8 heteroatoms. The molecule has 0 amide bonds. The predicted molar refractivity (Wildman–Crippen MR) is 117 cm³/mol. The molecule has 0 radical (unpaired) electrons. The quantitative estimate of drug-likeness (QED) is 0.190. The second-order valence-corrected chi connectivity index (χ2v) is 7.53. The Kier molecular flexibility index (Phi) is 10.7. The van der Waals surface area contributed by atoms with E-state index in [1.807, 2.05) is 35.8 Å². The van der Waals surface area contributed by atoms with Crippen molar-refractivity contribution in [3.63, 3.8) is 0 Å². The third kappa shape index (κ3) is 7.16. The molecule has 1 aromatic heterocycles. The zero-order valence-electron chi connectivity index (χ0n) is 13.7. The minimum Gasteiger partial charge on any atom is -0.356 e. The summed E-state index contributed by atoms with van der Waals surface area (Å²) in [4.78, 5) is 8.52. The molecule has 0 bridgehead atoms. The average molecular weight is 497 g/mol. The molecule has 1 heterocycles. The van der Waals surface area contributed by atoms with Crippen LogP contribution in [0, 0.1) is 0 Å². The highest BCUT2D eigenvalue weighted by Crippen LogP contribution is 2.22. The van der Waals surface area contributed by atoms with Gasteiger partial charge in [0.25, 0.3) is 0 Å². The normalized spacial score (nSPS) is 12.4. The van der Waals surface area contributed by atoms with Crippen molar-refractivity contribution in [1.82, 2.24) is 15.6 Å². The van der Waals surface area contributed by atoms with Crippen molar-refractivity contribution in [1.29, 1.82) is 0 Å². The van der Waals surface area contributed by atoms with Crippen LogP contribution in [0.15, 0.2) is 45.2 Å². The highest BCUT2D eigenvalue weighted by Gasteiger charge is 2.10. The number of guanidine groups is 1. The summed E-state index contributed by atoms with van der Waals surface area (Å²) in [6.07, 6.45) is 2.89. The number of hydrogen-bond donors (Lipinski definition) is 2. The zero-order chi connectivity index (χ0) is 16.5. The van der Waals surface area contributed by atoms with Crippen molar-refractivity contribution in [3.05, 3.63) is 46.4 Å². The van der Waals surface area contributed by atoms with Crippen LogP contribution < -0.4 is 10.6 Å². The number of rotatable bonds is 7. The first-order valence-electron chi connectivity index (χ1n) is 7.44. The van der Waals surface area contributed by atoms with E-state index in [2.05, 4.69) is 27.5 Å². The fourth-order valence-corrected chi connectivity index (χ4v) is 3.97. The third-order valence-corrected chi connectivity index (χ3v) is 5.59. The van der Waals surface area contributed by atoms with Crippen LogP contribution in [0.4, 0.5) is 0 Å². The van der Waals surface area contributed by atoms with Crippen molar-refractivity contribution >= 4 is 64.6 Å². The number of thioether (sulfide) groups is 1. The van der Waals surface area contributed by atoms with Gasteiger partial charge in [-0.2, -0.15) is 0 Å². The molecule has 0 saturated heterocycles. The monoisotopic (exact) mass is 496 g/mol. The minimum absolute atomic E-state index is 0. The maximum Gasteiger partial charge on any atom is 0.191 e. The molecule has 0 aliphatic rings. The van der Waals surface area contributed by atoms with Crippen molar-refractivity contribution in [3.8, 4) is 0 Å². The van der Waals surface area contributed by atoms with Gasteiger partial charge >= 0.3 is 0 Å². The first-order chi connectivity index (χ1) is 11.2. The molecular weight excluding hydrogens is 475 g/mol. The van der Waals surface area contributed by atoms with Crippen LogP contribution in [0.5, 0.6) is 0 Å². The van der Waals surface area contributed by atoms with Gasteiger partial charge < -0.3 is 10.6 Å². The third-order valence-electron chi connectivity index (χ3n) is 3.20. The Hall–Kier alpha value is -0.510. The van der Waals surface area contributed by atoms with E-state index in [0.717, 1.165) is 39.6 Å². The molecule has 2 N–H and O–H groups in total. The lowest BCUT2D eigenvalue weighted by Gasteiger charge is -2.19. The number of nitrogens with zero attached hydrogens (tertiary/aromatic N) is 2. The Bertz CT molecular complexity index is 622. The standard InChI is InChI=1S/C16H21ClN4S2.HI/c1-12(13-6-3-4-7-14(13)17)21-15(18-2)19-8-5-10-22-16-20-9-11-23-16;/h3-4,6-7,9,11-12H,5,8,10H2,1-2H3,(H2,18,19,21);1H. The molecule has 132 valence electrons. The Labute approximate surface area is 173 Å². The first-order valence-corrected chi connectivity index (χ1v) is 9.69. The SMILES string of the molecule is CN=C(NCCCSc1nccs1)NC(C)c1ccccc1Cl.I. The molecule has 24 heavy (non-hydrogen) atoms. The van der Waals surface area contributed by atoms with Crippen LogP contribution in [0.3, 0.4) is 0 Å². The topological polar surface area (TPSA) is 49.3 Å². The number of benzene rings is 1. The van der Waals surface area contributed by atoms with Gasteiger partial charge in [-0.1, -0.05) is 41.6 Å². The van der Waals surface area contributed by atoms with E-state index in [0.29, 0.717) is 0 Å². The summed E-state index contributed by atoms with van der Waals surface area (Å²) in [6, 6.07) is 7.95. The molecule has 1 unspecified atom stereocenters. The van der Waals surface area contributed by atoms with E-state index in [-0.39, 0.29) is 30.0 Å². The zero-order valence-corrected chi connectivity index (χ0v) is 18.4. The molecule has 2 aromatic rings. The summed E-state index contributed by atoms with van der Waals surface area (Å²) in [7, 11) is 1.78. The maximum absolute atomic E-state index is 6.23. The number of thiazole rings is 1. The Morgan fingerprint density at radius 3 is 2.88 bits per heavy atom. The second kappa shape index (κ2) is 11.9. The van der Waals surface area contributed by atoms with Crippen molar-refractivity contribution in [2.45, 2.75) is 23.7 Å². The van der Waals surface area contributed by atoms with E-state index in [1.165, 1.54) is 0 Å². The van der Waals surface area contributed by atoms with E-state index in [4.69, 9.17) is 11.6 Å². The number of aromatic nitrogens is 1. The van der Waals surface area contributed by atoms with Gasteiger partial charge in [-0.3, -0.25) is 4.99 Å². The Morgan fingerprint density at radius 1 is 1.42 bits per heavy atom. The summed E-state index contributed by atoms with van der Waals surface area (Å²) >= 11 is 9.70. The molecule has 0 aliphatic carbocycles. The van der Waals surface area contributed by atoms with Crippen molar-refractivity contribution in [2.24, 2.45) is 4.99 Å². The van der Waals surface area contributed by atoms with Gasteiger partial charge in [-0.05, 0) is 25.0 Å². The second-order valence-electron chi connectivity index (χ2n) is 4.89. The van der Waals surface area contributed by atoms with Gasteiger partial charge in [0.2, 0.25) is 0 Å². The molecular formula is C16H22ClIN4S2. The van der Waals surface area contributed by atoms with Crippen LogP contribution in [-0.4, -0.2) is 30.3 Å². The number of aliphatic imine (C=N–C) groups is 1. The smallest absolute Gasteiger partial charge is 0.191 e. The highest BCUT2D eigenvalue weighted by molar-refractivity contribution is 14.0. The summed E-state index contributed by atoms with van der Waals surface area (Å²) in [5.74, 6) is 1.83. The Morgan fingerprint density at radius 2 is 2.21 bits per heavy atom. The van der Waals surface area contributed by atoms with Crippen LogP contribution in [0.25, 0.3) is 0 Å². The van der Waals surface area contributed by atoms with Gasteiger partial charge in [-0.25, -0.2) is 4.98 Å². The summed E-state index contributed by atoms with van der Waals surface area (Å²) < 4.78 is 1.12. The lowest BCUT2D eigenvalue weighted by atomic mass is 10.1. The first kappa shape index (κ1) is 21.5. The summed E-state index contributed by atoms with van der Waals surface area (Å²) in [5.41, 5.74) is 1.07. The van der Waals surface area contributed by atoms with Crippen LogP contribution in [-0.2, 0) is 0 Å². The number of halogens is 2. The Balaban J connectivity index is 0.00000288. The lowest BCUT2D eigenvalue weighted by molar-refractivity contribution is 0.683. The predicted octanol–water partition coefficient (Wildman–Crippen LogP) is 4.82. The molecule has 1 atom stereocenters. The van der Waals surface area contributed by atoms with E-state index >= 15 is 0 Å². The molecule has 0 saturated carbocycles. The van der Waals surface area contributed by atoms with Gasteiger partial charge in [0.15, 0.2) is 5.96 Å². The molecule has 0 aliphatic heterocycles.